The first-order chi connectivity index (χ1) is 7.09. The fraction of sp³-hybridized carbons (Fsp3) is 0.455. The maximum absolute atomic E-state index is 11.6. The van der Waals surface area contributed by atoms with Crippen molar-refractivity contribution in [1.82, 2.24) is 4.98 Å². The van der Waals surface area contributed by atoms with E-state index in [9.17, 15) is 4.79 Å². The van der Waals surface area contributed by atoms with Crippen molar-refractivity contribution in [1.29, 1.82) is 0 Å². The molecule has 15 heavy (non-hydrogen) atoms. The lowest BCUT2D eigenvalue weighted by molar-refractivity contribution is -0.117. The number of carbonyl (C=O) groups excluding carboxylic acids is 1. The van der Waals surface area contributed by atoms with E-state index in [0.717, 1.165) is 0 Å². The normalized spacial score (nSPS) is 12.5. The molecule has 0 aliphatic rings. The number of rotatable bonds is 4. The summed E-state index contributed by atoms with van der Waals surface area (Å²) in [6.45, 7) is 4.07. The molecule has 1 rings (SSSR count). The van der Waals surface area contributed by atoms with Crippen LogP contribution < -0.4 is 11.1 Å². The molecule has 0 unspecified atom stereocenters. The number of hydrogen-bond donors (Lipinski definition) is 2. The number of hydrogen-bond acceptors (Lipinski definition) is 3. The van der Waals surface area contributed by atoms with Crippen molar-refractivity contribution in [3.05, 3.63) is 24.4 Å². The van der Waals surface area contributed by atoms with Crippen LogP contribution >= 0.6 is 0 Å². The topological polar surface area (TPSA) is 68.0 Å². The third kappa shape index (κ3) is 4.08. The van der Waals surface area contributed by atoms with Crippen LogP contribution in [0.1, 0.15) is 20.3 Å². The molecule has 4 nitrogen and oxygen atoms in total. The predicted octanol–water partition coefficient (Wildman–Crippen LogP) is 1.39. The van der Waals surface area contributed by atoms with Crippen LogP contribution in [0.4, 0.5) is 5.82 Å². The standard InChI is InChI=1S/C11H17N3O/c1-8(2)7-9(12)11(15)14-10-5-3-4-6-13-10/h3-6,8-9H,7,12H2,1-2H3,(H,13,14,15)/t9-/m1/s1. The summed E-state index contributed by atoms with van der Waals surface area (Å²) in [6.07, 6.45) is 2.31. The van der Waals surface area contributed by atoms with Crippen molar-refractivity contribution < 1.29 is 4.79 Å². The van der Waals surface area contributed by atoms with Crippen molar-refractivity contribution in [2.75, 3.05) is 5.32 Å². The molecule has 1 heterocycles. The minimum absolute atomic E-state index is 0.178. The molecule has 0 aromatic carbocycles. The summed E-state index contributed by atoms with van der Waals surface area (Å²) in [6, 6.07) is 4.88. The van der Waals surface area contributed by atoms with E-state index in [1.165, 1.54) is 0 Å². The molecule has 3 N–H and O–H groups in total. The highest BCUT2D eigenvalue weighted by Gasteiger charge is 2.14. The minimum Gasteiger partial charge on any atom is -0.320 e. The third-order valence-electron chi connectivity index (χ3n) is 1.98. The van der Waals surface area contributed by atoms with Gasteiger partial charge in [-0.05, 0) is 24.5 Å². The number of nitrogens with two attached hydrogens (primary N) is 1. The molecule has 0 radical (unpaired) electrons. The van der Waals surface area contributed by atoms with Crippen molar-refractivity contribution in [2.45, 2.75) is 26.3 Å². The molecule has 82 valence electrons. The Labute approximate surface area is 89.9 Å². The van der Waals surface area contributed by atoms with Gasteiger partial charge in [-0.2, -0.15) is 0 Å². The fourth-order valence-corrected chi connectivity index (χ4v) is 1.27. The van der Waals surface area contributed by atoms with Crippen molar-refractivity contribution in [3.63, 3.8) is 0 Å². The van der Waals surface area contributed by atoms with Gasteiger partial charge in [-0.25, -0.2) is 4.98 Å². The Balaban J connectivity index is 2.49. The summed E-state index contributed by atoms with van der Waals surface area (Å²) in [7, 11) is 0. The Kier molecular flexibility index (Phi) is 4.24. The number of nitrogens with one attached hydrogen (secondary N) is 1. The lowest BCUT2D eigenvalue weighted by Crippen LogP contribution is -2.36. The molecule has 4 heteroatoms. The third-order valence-corrected chi connectivity index (χ3v) is 1.98. The van der Waals surface area contributed by atoms with Gasteiger partial charge in [0.25, 0.3) is 0 Å². The maximum Gasteiger partial charge on any atom is 0.242 e. The molecule has 0 aliphatic carbocycles. The van der Waals surface area contributed by atoms with Gasteiger partial charge in [0, 0.05) is 6.20 Å². The Morgan fingerprint density at radius 3 is 2.80 bits per heavy atom. The van der Waals surface area contributed by atoms with Gasteiger partial charge < -0.3 is 11.1 Å². The van der Waals surface area contributed by atoms with Crippen LogP contribution in [0.5, 0.6) is 0 Å². The largest absolute Gasteiger partial charge is 0.320 e. The Morgan fingerprint density at radius 2 is 2.27 bits per heavy atom. The molecular weight excluding hydrogens is 190 g/mol. The molecule has 0 saturated heterocycles. The van der Waals surface area contributed by atoms with Gasteiger partial charge in [0.15, 0.2) is 0 Å². The molecule has 0 spiro atoms. The van der Waals surface area contributed by atoms with Crippen LogP contribution in [-0.2, 0) is 4.79 Å². The number of pyridine rings is 1. The summed E-state index contributed by atoms with van der Waals surface area (Å²) < 4.78 is 0. The summed E-state index contributed by atoms with van der Waals surface area (Å²) in [4.78, 5) is 15.6. The van der Waals surface area contributed by atoms with Gasteiger partial charge in [0.1, 0.15) is 5.82 Å². The predicted molar refractivity (Wildman–Crippen MR) is 60.3 cm³/mol. The Bertz CT molecular complexity index is 311. The molecule has 0 aliphatic heterocycles. The molecule has 0 fully saturated rings. The molecule has 0 saturated carbocycles. The van der Waals surface area contributed by atoms with Crippen LogP contribution in [-0.4, -0.2) is 16.9 Å². The van der Waals surface area contributed by atoms with Crippen LogP contribution in [0.2, 0.25) is 0 Å². The van der Waals surface area contributed by atoms with E-state index in [1.807, 2.05) is 19.9 Å². The second kappa shape index (κ2) is 5.46. The van der Waals surface area contributed by atoms with E-state index >= 15 is 0 Å². The maximum atomic E-state index is 11.6. The number of aromatic nitrogens is 1. The molecule has 1 aromatic heterocycles. The van der Waals surface area contributed by atoms with Gasteiger partial charge in [0.05, 0.1) is 6.04 Å². The second-order valence-electron chi connectivity index (χ2n) is 3.94. The van der Waals surface area contributed by atoms with E-state index in [4.69, 9.17) is 5.73 Å². The monoisotopic (exact) mass is 207 g/mol. The van der Waals surface area contributed by atoms with Crippen molar-refractivity contribution in [3.8, 4) is 0 Å². The minimum atomic E-state index is -0.466. The summed E-state index contributed by atoms with van der Waals surface area (Å²) in [5.41, 5.74) is 5.73. The quantitative estimate of drug-likeness (QED) is 0.784. The lowest BCUT2D eigenvalue weighted by Gasteiger charge is -2.13. The number of amides is 1. The van der Waals surface area contributed by atoms with E-state index < -0.39 is 6.04 Å². The summed E-state index contributed by atoms with van der Waals surface area (Å²) in [5.74, 6) is 0.776. The average molecular weight is 207 g/mol. The van der Waals surface area contributed by atoms with E-state index in [2.05, 4.69) is 10.3 Å². The number of anilines is 1. The smallest absolute Gasteiger partial charge is 0.242 e. The van der Waals surface area contributed by atoms with Crippen molar-refractivity contribution in [2.24, 2.45) is 11.7 Å². The molecule has 1 amide bonds. The Hall–Kier alpha value is -1.42. The van der Waals surface area contributed by atoms with Gasteiger partial charge in [0.2, 0.25) is 5.91 Å². The van der Waals surface area contributed by atoms with Gasteiger partial charge in [-0.1, -0.05) is 19.9 Å². The highest BCUT2D eigenvalue weighted by atomic mass is 16.2. The zero-order valence-electron chi connectivity index (χ0n) is 9.10. The lowest BCUT2D eigenvalue weighted by atomic mass is 10.0. The highest BCUT2D eigenvalue weighted by Crippen LogP contribution is 2.06. The highest BCUT2D eigenvalue weighted by molar-refractivity contribution is 5.93. The van der Waals surface area contributed by atoms with Crippen LogP contribution in [0.3, 0.4) is 0 Å². The molecule has 1 aromatic rings. The SMILES string of the molecule is CC(C)C[C@@H](N)C(=O)Nc1ccccn1. The first-order valence-corrected chi connectivity index (χ1v) is 5.07. The fourth-order valence-electron chi connectivity index (χ4n) is 1.27. The zero-order chi connectivity index (χ0) is 11.3. The van der Waals surface area contributed by atoms with E-state index in [1.54, 1.807) is 18.3 Å². The molecular formula is C11H17N3O. The first-order valence-electron chi connectivity index (χ1n) is 5.07. The zero-order valence-corrected chi connectivity index (χ0v) is 9.10. The second-order valence-corrected chi connectivity index (χ2v) is 3.94. The van der Waals surface area contributed by atoms with Crippen LogP contribution in [0.25, 0.3) is 0 Å². The van der Waals surface area contributed by atoms with E-state index in [-0.39, 0.29) is 5.91 Å². The van der Waals surface area contributed by atoms with Gasteiger partial charge >= 0.3 is 0 Å². The first kappa shape index (κ1) is 11.7. The average Bonchev–Trinajstić information content (AvgIpc) is 2.18. The number of carbonyl (C=O) groups is 1. The van der Waals surface area contributed by atoms with Gasteiger partial charge in [-0.15, -0.1) is 0 Å². The number of nitrogens with zero attached hydrogens (tertiary/aromatic N) is 1. The Morgan fingerprint density at radius 1 is 1.53 bits per heavy atom. The van der Waals surface area contributed by atoms with Crippen molar-refractivity contribution >= 4 is 11.7 Å². The van der Waals surface area contributed by atoms with E-state index in [0.29, 0.717) is 18.2 Å². The van der Waals surface area contributed by atoms with Crippen LogP contribution in [0.15, 0.2) is 24.4 Å². The van der Waals surface area contributed by atoms with Crippen LogP contribution in [0, 0.1) is 5.92 Å². The molecule has 1 atom stereocenters. The summed E-state index contributed by atoms with van der Waals surface area (Å²) >= 11 is 0. The van der Waals surface area contributed by atoms with Gasteiger partial charge in [-0.3, -0.25) is 4.79 Å². The molecule has 0 bridgehead atoms. The summed E-state index contributed by atoms with van der Waals surface area (Å²) in [5, 5.41) is 2.67.